The quantitative estimate of drug-likeness (QED) is 0.813. The Labute approximate surface area is 134 Å². The Morgan fingerprint density at radius 3 is 2.55 bits per heavy atom. The first-order chi connectivity index (χ1) is 10.6. The van der Waals surface area contributed by atoms with Crippen molar-refractivity contribution >= 4 is 22.3 Å². The average molecular weight is 319 g/mol. The van der Waals surface area contributed by atoms with Crippen LogP contribution in [0.25, 0.3) is 11.1 Å². The molecule has 0 saturated carbocycles. The van der Waals surface area contributed by atoms with E-state index >= 15 is 0 Å². The zero-order valence-corrected chi connectivity index (χ0v) is 14.0. The van der Waals surface area contributed by atoms with Crippen LogP contribution >= 0.6 is 11.3 Å². The van der Waals surface area contributed by atoms with E-state index in [4.69, 9.17) is 15.2 Å². The predicted molar refractivity (Wildman–Crippen MR) is 90.7 cm³/mol. The molecule has 2 N–H and O–H groups in total. The molecular formula is C17H21NO3S. The summed E-state index contributed by atoms with van der Waals surface area (Å²) < 4.78 is 10.9. The van der Waals surface area contributed by atoms with Crippen LogP contribution in [0, 0.1) is 0 Å². The summed E-state index contributed by atoms with van der Waals surface area (Å²) in [6.45, 7) is 6.66. The molecule has 22 heavy (non-hydrogen) atoms. The summed E-state index contributed by atoms with van der Waals surface area (Å²) in [5.41, 5.74) is 8.27. The molecule has 0 bridgehead atoms. The molecular weight excluding hydrogens is 298 g/mol. The van der Waals surface area contributed by atoms with Gasteiger partial charge in [-0.25, -0.2) is 4.79 Å². The zero-order valence-electron chi connectivity index (χ0n) is 13.1. The molecule has 0 saturated heterocycles. The lowest BCUT2D eigenvalue weighted by Crippen LogP contribution is -2.08. The number of hydrogen-bond donors (Lipinski definition) is 1. The lowest BCUT2D eigenvalue weighted by Gasteiger charge is -2.12. The van der Waals surface area contributed by atoms with Crippen LogP contribution in [0.3, 0.4) is 0 Å². The van der Waals surface area contributed by atoms with Gasteiger partial charge in [0.05, 0.1) is 13.2 Å². The van der Waals surface area contributed by atoms with Gasteiger partial charge in [0.15, 0.2) is 0 Å². The van der Waals surface area contributed by atoms with Gasteiger partial charge in [-0.1, -0.05) is 25.1 Å². The van der Waals surface area contributed by atoms with E-state index in [0.29, 0.717) is 23.8 Å². The first-order valence-electron chi connectivity index (χ1n) is 7.44. The van der Waals surface area contributed by atoms with E-state index in [0.717, 1.165) is 28.2 Å². The molecule has 118 valence electrons. The fraction of sp³-hybridized carbons (Fsp3) is 0.353. The molecule has 1 aromatic carbocycles. The van der Waals surface area contributed by atoms with Crippen molar-refractivity contribution in [3.8, 4) is 16.9 Å². The van der Waals surface area contributed by atoms with Crippen LogP contribution in [-0.2, 0) is 11.2 Å². The molecule has 0 unspecified atom stereocenters. The van der Waals surface area contributed by atoms with Crippen molar-refractivity contribution in [3.05, 3.63) is 34.7 Å². The number of esters is 1. The first-order valence-corrected chi connectivity index (χ1v) is 8.26. The Hall–Kier alpha value is -2.01. The van der Waals surface area contributed by atoms with Gasteiger partial charge in [-0.15, -0.1) is 11.3 Å². The van der Waals surface area contributed by atoms with Crippen LogP contribution in [0.1, 0.15) is 36.0 Å². The minimum atomic E-state index is -0.378. The number of anilines is 1. The standard InChI is InChI=1S/C17H21NO3S/c1-4-13-14(11-9-7-8-10-12(11)20-5-2)15(16(18)22-13)17(19)21-6-3/h7-10H,4-6,18H2,1-3H3. The van der Waals surface area contributed by atoms with Gasteiger partial charge in [0.1, 0.15) is 16.3 Å². The third-order valence-corrected chi connectivity index (χ3v) is 4.43. The Kier molecular flexibility index (Phi) is 5.44. The Morgan fingerprint density at radius 2 is 1.91 bits per heavy atom. The van der Waals surface area contributed by atoms with Crippen molar-refractivity contribution in [3.63, 3.8) is 0 Å². The van der Waals surface area contributed by atoms with Crippen molar-refractivity contribution in [1.29, 1.82) is 0 Å². The maximum atomic E-state index is 12.3. The van der Waals surface area contributed by atoms with E-state index in [9.17, 15) is 4.79 Å². The van der Waals surface area contributed by atoms with E-state index in [1.54, 1.807) is 6.92 Å². The number of thiophene rings is 1. The maximum absolute atomic E-state index is 12.3. The fourth-order valence-corrected chi connectivity index (χ4v) is 3.40. The second kappa shape index (κ2) is 7.31. The lowest BCUT2D eigenvalue weighted by atomic mass is 9.99. The number of carbonyl (C=O) groups excluding carboxylic acids is 1. The molecule has 0 aliphatic heterocycles. The van der Waals surface area contributed by atoms with E-state index in [1.165, 1.54) is 11.3 Å². The molecule has 0 atom stereocenters. The summed E-state index contributed by atoms with van der Waals surface area (Å²) in [7, 11) is 0. The fourth-order valence-electron chi connectivity index (χ4n) is 2.39. The van der Waals surface area contributed by atoms with Gasteiger partial charge in [0, 0.05) is 16.0 Å². The number of ether oxygens (including phenoxy) is 2. The van der Waals surface area contributed by atoms with Crippen LogP contribution in [0.2, 0.25) is 0 Å². The van der Waals surface area contributed by atoms with Crippen LogP contribution < -0.4 is 10.5 Å². The number of aryl methyl sites for hydroxylation is 1. The molecule has 2 rings (SSSR count). The number of rotatable bonds is 6. The van der Waals surface area contributed by atoms with Gasteiger partial charge < -0.3 is 15.2 Å². The number of nitrogen functional groups attached to an aromatic ring is 1. The van der Waals surface area contributed by atoms with Gasteiger partial charge in [-0.05, 0) is 26.3 Å². The number of benzene rings is 1. The molecule has 2 aromatic rings. The summed E-state index contributed by atoms with van der Waals surface area (Å²) in [5.74, 6) is 0.375. The molecule has 5 heteroatoms. The molecule has 1 aromatic heterocycles. The minimum absolute atomic E-state index is 0.322. The normalized spacial score (nSPS) is 10.5. The molecule has 1 heterocycles. The Bertz CT molecular complexity index is 664. The average Bonchev–Trinajstić information content (AvgIpc) is 2.85. The topological polar surface area (TPSA) is 61.5 Å². The van der Waals surface area contributed by atoms with Gasteiger partial charge in [-0.2, -0.15) is 0 Å². The second-order valence-electron chi connectivity index (χ2n) is 4.64. The number of nitrogens with two attached hydrogens (primary N) is 1. The van der Waals surface area contributed by atoms with Gasteiger partial charge >= 0.3 is 5.97 Å². The highest BCUT2D eigenvalue weighted by Crippen LogP contribution is 2.43. The highest BCUT2D eigenvalue weighted by Gasteiger charge is 2.25. The van der Waals surface area contributed by atoms with E-state index in [-0.39, 0.29) is 5.97 Å². The molecule has 0 fully saturated rings. The van der Waals surface area contributed by atoms with Crippen molar-refractivity contribution in [2.24, 2.45) is 0 Å². The molecule has 4 nitrogen and oxygen atoms in total. The van der Waals surface area contributed by atoms with Gasteiger partial charge in [0.25, 0.3) is 0 Å². The zero-order chi connectivity index (χ0) is 16.1. The molecule has 0 aliphatic rings. The Morgan fingerprint density at radius 1 is 1.18 bits per heavy atom. The summed E-state index contributed by atoms with van der Waals surface area (Å²) in [6.07, 6.45) is 0.796. The molecule has 0 aliphatic carbocycles. The highest BCUT2D eigenvalue weighted by molar-refractivity contribution is 7.17. The van der Waals surface area contributed by atoms with Gasteiger partial charge in [0.2, 0.25) is 0 Å². The SMILES string of the molecule is CCOC(=O)c1c(N)sc(CC)c1-c1ccccc1OCC. The van der Waals surface area contributed by atoms with Crippen LogP contribution in [0.15, 0.2) is 24.3 Å². The van der Waals surface area contributed by atoms with Crippen molar-refractivity contribution in [1.82, 2.24) is 0 Å². The summed E-state index contributed by atoms with van der Waals surface area (Å²) >= 11 is 1.44. The molecule has 0 spiro atoms. The predicted octanol–water partition coefficient (Wildman–Crippen LogP) is 4.14. The molecule has 0 radical (unpaired) electrons. The monoisotopic (exact) mass is 319 g/mol. The highest BCUT2D eigenvalue weighted by atomic mass is 32.1. The largest absolute Gasteiger partial charge is 0.493 e. The van der Waals surface area contributed by atoms with Crippen LogP contribution in [0.4, 0.5) is 5.00 Å². The second-order valence-corrected chi connectivity index (χ2v) is 5.78. The summed E-state index contributed by atoms with van der Waals surface area (Å²) in [6, 6.07) is 7.70. The molecule has 0 amide bonds. The van der Waals surface area contributed by atoms with Crippen LogP contribution in [0.5, 0.6) is 5.75 Å². The van der Waals surface area contributed by atoms with E-state index in [1.807, 2.05) is 38.1 Å². The number of hydrogen-bond acceptors (Lipinski definition) is 5. The number of carbonyl (C=O) groups is 1. The summed E-state index contributed by atoms with van der Waals surface area (Å²) in [4.78, 5) is 13.4. The van der Waals surface area contributed by atoms with E-state index < -0.39 is 0 Å². The third-order valence-electron chi connectivity index (χ3n) is 3.27. The summed E-state index contributed by atoms with van der Waals surface area (Å²) in [5, 5.41) is 0.497. The van der Waals surface area contributed by atoms with Crippen molar-refractivity contribution in [2.45, 2.75) is 27.2 Å². The lowest BCUT2D eigenvalue weighted by molar-refractivity contribution is 0.0529. The van der Waals surface area contributed by atoms with Gasteiger partial charge in [-0.3, -0.25) is 0 Å². The Balaban J connectivity index is 2.66. The maximum Gasteiger partial charge on any atom is 0.341 e. The smallest absolute Gasteiger partial charge is 0.341 e. The van der Waals surface area contributed by atoms with Crippen molar-refractivity contribution in [2.75, 3.05) is 18.9 Å². The first kappa shape index (κ1) is 16.4. The number of para-hydroxylation sites is 1. The third kappa shape index (κ3) is 3.09. The minimum Gasteiger partial charge on any atom is -0.493 e. The van der Waals surface area contributed by atoms with E-state index in [2.05, 4.69) is 0 Å². The van der Waals surface area contributed by atoms with Crippen molar-refractivity contribution < 1.29 is 14.3 Å². The van der Waals surface area contributed by atoms with Crippen LogP contribution in [-0.4, -0.2) is 19.2 Å².